The van der Waals surface area contributed by atoms with Crippen LogP contribution in [0.1, 0.15) is 31.2 Å². The normalized spacial score (nSPS) is 27.7. The van der Waals surface area contributed by atoms with Gasteiger partial charge < -0.3 is 10.5 Å². The van der Waals surface area contributed by atoms with Gasteiger partial charge in [0, 0.05) is 12.1 Å². The highest BCUT2D eigenvalue weighted by molar-refractivity contribution is 6.32. The summed E-state index contributed by atoms with van der Waals surface area (Å²) in [4.78, 5) is 2.54. The van der Waals surface area contributed by atoms with Crippen molar-refractivity contribution < 1.29 is 4.74 Å². The van der Waals surface area contributed by atoms with E-state index in [2.05, 4.69) is 11.0 Å². The van der Waals surface area contributed by atoms with E-state index in [4.69, 9.17) is 22.1 Å². The van der Waals surface area contributed by atoms with Crippen molar-refractivity contribution in [3.63, 3.8) is 0 Å². The van der Waals surface area contributed by atoms with E-state index in [1.165, 1.54) is 18.4 Å². The third-order valence-electron chi connectivity index (χ3n) is 4.50. The number of hydrogen-bond acceptors (Lipinski definition) is 3. The van der Waals surface area contributed by atoms with Gasteiger partial charge in [-0.3, -0.25) is 4.90 Å². The minimum Gasteiger partial charge on any atom is -0.492 e. The molecule has 0 bridgehead atoms. The van der Waals surface area contributed by atoms with E-state index in [0.717, 1.165) is 38.3 Å². The van der Waals surface area contributed by atoms with Gasteiger partial charge in [-0.05, 0) is 44.8 Å². The van der Waals surface area contributed by atoms with E-state index in [0.29, 0.717) is 11.6 Å². The highest BCUT2D eigenvalue weighted by Gasteiger charge is 2.41. The minimum atomic E-state index is -0.0900. The molecule has 2 aliphatic heterocycles. The van der Waals surface area contributed by atoms with E-state index < -0.39 is 0 Å². The Morgan fingerprint density at radius 3 is 2.79 bits per heavy atom. The minimum absolute atomic E-state index is 0.0900. The maximum Gasteiger partial charge on any atom is 0.142 e. The molecule has 0 amide bonds. The Labute approximate surface area is 119 Å². The van der Waals surface area contributed by atoms with Crippen LogP contribution in [-0.4, -0.2) is 31.1 Å². The van der Waals surface area contributed by atoms with Gasteiger partial charge >= 0.3 is 0 Å². The summed E-state index contributed by atoms with van der Waals surface area (Å²) in [5, 5.41) is 0.705. The number of ether oxygens (including phenoxy) is 1. The number of rotatable bonds is 2. The van der Waals surface area contributed by atoms with Gasteiger partial charge in [0.25, 0.3) is 0 Å². The van der Waals surface area contributed by atoms with Crippen molar-refractivity contribution in [1.82, 2.24) is 4.90 Å². The number of halogens is 1. The largest absolute Gasteiger partial charge is 0.492 e. The summed E-state index contributed by atoms with van der Waals surface area (Å²) in [5.74, 6) is 0.846. The van der Waals surface area contributed by atoms with Crippen LogP contribution in [-0.2, 0) is 5.54 Å². The average Bonchev–Trinajstić information content (AvgIpc) is 2.89. The van der Waals surface area contributed by atoms with Gasteiger partial charge in [0.2, 0.25) is 0 Å². The van der Waals surface area contributed by atoms with Crippen LogP contribution in [0.15, 0.2) is 18.2 Å². The molecule has 2 N–H and O–H groups in total. The van der Waals surface area contributed by atoms with Crippen molar-refractivity contribution in [2.75, 3.05) is 26.2 Å². The molecule has 1 unspecified atom stereocenters. The van der Waals surface area contributed by atoms with Crippen LogP contribution in [0.3, 0.4) is 0 Å². The van der Waals surface area contributed by atoms with E-state index in [1.807, 2.05) is 12.1 Å². The molecule has 4 heteroatoms. The first kappa shape index (κ1) is 13.2. The van der Waals surface area contributed by atoms with Crippen molar-refractivity contribution in [1.29, 1.82) is 0 Å². The zero-order valence-electron chi connectivity index (χ0n) is 11.2. The van der Waals surface area contributed by atoms with Gasteiger partial charge in [0.15, 0.2) is 0 Å². The van der Waals surface area contributed by atoms with E-state index in [9.17, 15) is 0 Å². The number of nitrogens with two attached hydrogens (primary N) is 1. The Morgan fingerprint density at radius 2 is 2.05 bits per heavy atom. The number of nitrogens with zero attached hydrogens (tertiary/aromatic N) is 1. The summed E-state index contributed by atoms with van der Waals surface area (Å²) in [6.45, 7) is 3.61. The fourth-order valence-corrected chi connectivity index (χ4v) is 3.74. The molecule has 1 saturated heterocycles. The molecule has 0 radical (unpaired) electrons. The molecule has 1 atom stereocenters. The molecule has 1 fully saturated rings. The van der Waals surface area contributed by atoms with Crippen LogP contribution >= 0.6 is 11.6 Å². The Kier molecular flexibility index (Phi) is 3.70. The maximum atomic E-state index is 6.32. The van der Waals surface area contributed by atoms with Crippen molar-refractivity contribution in [3.8, 4) is 5.75 Å². The van der Waals surface area contributed by atoms with Gasteiger partial charge in [0.1, 0.15) is 5.75 Å². The van der Waals surface area contributed by atoms with Crippen LogP contribution in [0.5, 0.6) is 5.75 Å². The highest BCUT2D eigenvalue weighted by Crippen LogP contribution is 2.44. The maximum absolute atomic E-state index is 6.32. The van der Waals surface area contributed by atoms with Crippen molar-refractivity contribution in [2.24, 2.45) is 5.73 Å². The lowest BCUT2D eigenvalue weighted by atomic mass is 9.83. The standard InChI is InChI=1S/C15H21ClN2O/c16-13-6-3-5-12-14(13)19-10-4-7-15(12,11-17)18-8-1-2-9-18/h3,5-6H,1-2,4,7-11,17H2. The lowest BCUT2D eigenvalue weighted by Crippen LogP contribution is -2.49. The Morgan fingerprint density at radius 1 is 1.26 bits per heavy atom. The molecule has 0 spiro atoms. The second kappa shape index (κ2) is 5.31. The number of benzene rings is 1. The van der Waals surface area contributed by atoms with E-state index >= 15 is 0 Å². The van der Waals surface area contributed by atoms with E-state index in [1.54, 1.807) is 0 Å². The number of likely N-dealkylation sites (tertiary alicyclic amines) is 1. The first-order valence-corrected chi connectivity index (χ1v) is 7.53. The van der Waals surface area contributed by atoms with Gasteiger partial charge in [-0.2, -0.15) is 0 Å². The third-order valence-corrected chi connectivity index (χ3v) is 4.80. The zero-order chi connectivity index (χ0) is 13.3. The monoisotopic (exact) mass is 280 g/mol. The number of fused-ring (bicyclic) bond motifs is 1. The summed E-state index contributed by atoms with van der Waals surface area (Å²) in [5.41, 5.74) is 7.30. The fourth-order valence-electron chi connectivity index (χ4n) is 3.51. The molecule has 2 aliphatic rings. The highest BCUT2D eigenvalue weighted by atomic mass is 35.5. The topological polar surface area (TPSA) is 38.5 Å². The molecule has 1 aromatic rings. The SMILES string of the molecule is NCC1(N2CCCC2)CCCOc2c(Cl)cccc21. The molecule has 1 aromatic carbocycles. The van der Waals surface area contributed by atoms with Crippen molar-refractivity contribution >= 4 is 11.6 Å². The molecule has 104 valence electrons. The second-order valence-corrected chi connectivity index (χ2v) is 5.91. The lowest BCUT2D eigenvalue weighted by molar-refractivity contribution is 0.112. The predicted octanol–water partition coefficient (Wildman–Crippen LogP) is 2.76. The molecule has 2 heterocycles. The Bertz CT molecular complexity index is 459. The number of para-hydroxylation sites is 1. The summed E-state index contributed by atoms with van der Waals surface area (Å²) >= 11 is 6.32. The van der Waals surface area contributed by atoms with Gasteiger partial charge in [-0.25, -0.2) is 0 Å². The Balaban J connectivity index is 2.11. The predicted molar refractivity (Wildman–Crippen MR) is 77.7 cm³/mol. The molecule has 0 aliphatic carbocycles. The van der Waals surface area contributed by atoms with Crippen LogP contribution in [0, 0.1) is 0 Å². The second-order valence-electron chi connectivity index (χ2n) is 5.50. The average molecular weight is 281 g/mol. The van der Waals surface area contributed by atoms with Gasteiger partial charge in [0.05, 0.1) is 17.2 Å². The first-order chi connectivity index (χ1) is 9.28. The molecule has 3 nitrogen and oxygen atoms in total. The van der Waals surface area contributed by atoms with Gasteiger partial charge in [-0.15, -0.1) is 0 Å². The van der Waals surface area contributed by atoms with Crippen LogP contribution in [0.25, 0.3) is 0 Å². The Hall–Kier alpha value is -0.770. The molecule has 3 rings (SSSR count). The summed E-state index contributed by atoms with van der Waals surface area (Å²) in [7, 11) is 0. The lowest BCUT2D eigenvalue weighted by Gasteiger charge is -2.41. The van der Waals surface area contributed by atoms with Crippen molar-refractivity contribution in [2.45, 2.75) is 31.2 Å². The molecular formula is C15H21ClN2O. The fraction of sp³-hybridized carbons (Fsp3) is 0.600. The molecular weight excluding hydrogens is 260 g/mol. The molecule has 0 aromatic heterocycles. The summed E-state index contributed by atoms with van der Waals surface area (Å²) < 4.78 is 5.88. The molecule has 19 heavy (non-hydrogen) atoms. The van der Waals surface area contributed by atoms with Gasteiger partial charge in [-0.1, -0.05) is 23.7 Å². The third kappa shape index (κ3) is 2.14. The first-order valence-electron chi connectivity index (χ1n) is 7.15. The van der Waals surface area contributed by atoms with Crippen LogP contribution in [0.2, 0.25) is 5.02 Å². The number of hydrogen-bond donors (Lipinski definition) is 1. The molecule has 0 saturated carbocycles. The van der Waals surface area contributed by atoms with Crippen LogP contribution in [0.4, 0.5) is 0 Å². The smallest absolute Gasteiger partial charge is 0.142 e. The summed E-state index contributed by atoms with van der Waals surface area (Å²) in [6, 6.07) is 6.05. The zero-order valence-corrected chi connectivity index (χ0v) is 12.0. The quantitative estimate of drug-likeness (QED) is 0.905. The van der Waals surface area contributed by atoms with Crippen molar-refractivity contribution in [3.05, 3.63) is 28.8 Å². The van der Waals surface area contributed by atoms with E-state index in [-0.39, 0.29) is 5.54 Å². The van der Waals surface area contributed by atoms with Crippen LogP contribution < -0.4 is 10.5 Å². The summed E-state index contributed by atoms with van der Waals surface area (Å²) in [6.07, 6.45) is 4.60.